The van der Waals surface area contributed by atoms with Gasteiger partial charge < -0.3 is 15.0 Å². The van der Waals surface area contributed by atoms with Crippen molar-refractivity contribution in [1.82, 2.24) is 20.1 Å². The van der Waals surface area contributed by atoms with Crippen molar-refractivity contribution in [3.63, 3.8) is 0 Å². The first-order valence-corrected chi connectivity index (χ1v) is 5.42. The van der Waals surface area contributed by atoms with E-state index in [4.69, 9.17) is 0 Å². The molecule has 1 aromatic heterocycles. The molecule has 0 radical (unpaired) electrons. The lowest BCUT2D eigenvalue weighted by atomic mass is 10.2. The molecule has 0 bridgehead atoms. The summed E-state index contributed by atoms with van der Waals surface area (Å²) in [6.45, 7) is 6.84. The second-order valence-corrected chi connectivity index (χ2v) is 4.42. The van der Waals surface area contributed by atoms with Gasteiger partial charge in [0.05, 0.1) is 12.1 Å². The molecule has 5 nitrogen and oxygen atoms in total. The van der Waals surface area contributed by atoms with Crippen LogP contribution in [0.15, 0.2) is 0 Å². The highest BCUT2D eigenvalue weighted by molar-refractivity contribution is 5.04. The Balaban J connectivity index is 2.28. The fourth-order valence-electron chi connectivity index (χ4n) is 2.18. The number of rotatable bonds is 2. The van der Waals surface area contributed by atoms with Crippen molar-refractivity contribution >= 4 is 0 Å². The Morgan fingerprint density at radius 3 is 2.73 bits per heavy atom. The molecule has 1 fully saturated rings. The third-order valence-corrected chi connectivity index (χ3v) is 2.83. The first-order chi connectivity index (χ1) is 7.09. The van der Waals surface area contributed by atoms with Crippen molar-refractivity contribution < 1.29 is 5.11 Å². The normalized spacial score (nSPS) is 26.5. The molecule has 0 aromatic carbocycles. The Kier molecular flexibility index (Phi) is 2.75. The van der Waals surface area contributed by atoms with Gasteiger partial charge in [0.25, 0.3) is 0 Å². The molecule has 2 atom stereocenters. The van der Waals surface area contributed by atoms with Gasteiger partial charge in [-0.25, -0.2) is 0 Å². The van der Waals surface area contributed by atoms with E-state index in [1.165, 1.54) is 0 Å². The number of nitrogens with zero attached hydrogens (tertiary/aromatic N) is 3. The zero-order valence-electron chi connectivity index (χ0n) is 9.44. The van der Waals surface area contributed by atoms with Gasteiger partial charge in [0.2, 0.25) is 0 Å². The van der Waals surface area contributed by atoms with Gasteiger partial charge in [0.15, 0.2) is 5.82 Å². The van der Waals surface area contributed by atoms with E-state index < -0.39 is 0 Å². The second kappa shape index (κ2) is 3.90. The number of aryl methyl sites for hydroxylation is 1. The molecule has 0 amide bonds. The van der Waals surface area contributed by atoms with Crippen molar-refractivity contribution in [2.24, 2.45) is 0 Å². The lowest BCUT2D eigenvalue weighted by molar-refractivity contribution is 0.192. The number of aliphatic hydroxyl groups excluding tert-OH is 1. The molecule has 0 aliphatic carbocycles. The van der Waals surface area contributed by atoms with Crippen LogP contribution in [0.4, 0.5) is 0 Å². The maximum Gasteiger partial charge on any atom is 0.150 e. The average Bonchev–Trinajstić information content (AvgIpc) is 2.71. The molecule has 1 aliphatic rings. The lowest BCUT2D eigenvalue weighted by Crippen LogP contribution is -2.20. The molecule has 2 heterocycles. The summed E-state index contributed by atoms with van der Waals surface area (Å²) in [4.78, 5) is 0. The quantitative estimate of drug-likeness (QED) is 0.749. The number of hydrogen-bond donors (Lipinski definition) is 2. The van der Waals surface area contributed by atoms with E-state index in [0.29, 0.717) is 12.6 Å². The minimum atomic E-state index is -0.257. The molecule has 0 spiro atoms. The van der Waals surface area contributed by atoms with Crippen molar-refractivity contribution in [3.05, 3.63) is 11.6 Å². The molecule has 15 heavy (non-hydrogen) atoms. The zero-order chi connectivity index (χ0) is 11.0. The van der Waals surface area contributed by atoms with E-state index in [9.17, 15) is 5.11 Å². The fraction of sp³-hybridized carbons (Fsp3) is 0.800. The second-order valence-electron chi connectivity index (χ2n) is 4.42. The van der Waals surface area contributed by atoms with Gasteiger partial charge in [-0.05, 0) is 27.2 Å². The first-order valence-electron chi connectivity index (χ1n) is 5.42. The monoisotopic (exact) mass is 210 g/mol. The van der Waals surface area contributed by atoms with Crippen LogP contribution in [0.3, 0.4) is 0 Å². The fourth-order valence-corrected chi connectivity index (χ4v) is 2.18. The summed E-state index contributed by atoms with van der Waals surface area (Å²) < 4.78 is 2.12. The van der Waals surface area contributed by atoms with Crippen LogP contribution < -0.4 is 5.32 Å². The van der Waals surface area contributed by atoms with Crippen molar-refractivity contribution in [2.75, 3.05) is 6.54 Å². The van der Waals surface area contributed by atoms with Gasteiger partial charge in [-0.15, -0.1) is 10.2 Å². The zero-order valence-corrected chi connectivity index (χ0v) is 9.44. The number of aromatic nitrogens is 3. The van der Waals surface area contributed by atoms with E-state index in [-0.39, 0.29) is 12.1 Å². The van der Waals surface area contributed by atoms with Gasteiger partial charge in [-0.1, -0.05) is 0 Å². The van der Waals surface area contributed by atoms with E-state index in [1.54, 1.807) is 0 Å². The van der Waals surface area contributed by atoms with E-state index in [1.807, 2.05) is 6.92 Å². The maximum atomic E-state index is 9.48. The molecular formula is C10H18N4O. The summed E-state index contributed by atoms with van der Waals surface area (Å²) in [6, 6.07) is 0.498. The van der Waals surface area contributed by atoms with Crippen LogP contribution in [-0.4, -0.2) is 32.5 Å². The summed E-state index contributed by atoms with van der Waals surface area (Å²) in [5, 5.41) is 21.0. The Hall–Kier alpha value is -0.940. The molecule has 1 saturated heterocycles. The lowest BCUT2D eigenvalue weighted by Gasteiger charge is -2.16. The predicted octanol–water partition coefficient (Wildman–Crippen LogP) is 0.563. The molecule has 2 N–H and O–H groups in total. The molecule has 0 unspecified atom stereocenters. The van der Waals surface area contributed by atoms with Crippen molar-refractivity contribution in [2.45, 2.75) is 45.4 Å². The third-order valence-electron chi connectivity index (χ3n) is 2.83. The SMILES string of the molecule is Cc1nnc([C@H]2C[C@@H](O)CN2)n1C(C)C. The summed E-state index contributed by atoms with van der Waals surface area (Å²) >= 11 is 0. The minimum absolute atomic E-state index is 0.142. The van der Waals surface area contributed by atoms with E-state index >= 15 is 0 Å². The topological polar surface area (TPSA) is 63.0 Å². The van der Waals surface area contributed by atoms with E-state index in [0.717, 1.165) is 18.1 Å². The summed E-state index contributed by atoms with van der Waals surface area (Å²) in [7, 11) is 0. The van der Waals surface area contributed by atoms with Gasteiger partial charge in [0.1, 0.15) is 5.82 Å². The van der Waals surface area contributed by atoms with Gasteiger partial charge >= 0.3 is 0 Å². The minimum Gasteiger partial charge on any atom is -0.392 e. The van der Waals surface area contributed by atoms with Crippen molar-refractivity contribution in [1.29, 1.82) is 0 Å². The summed E-state index contributed by atoms with van der Waals surface area (Å²) in [5.74, 6) is 1.88. The molecule has 1 aromatic rings. The maximum absolute atomic E-state index is 9.48. The predicted molar refractivity (Wildman–Crippen MR) is 56.5 cm³/mol. The number of β-amino-alcohol motifs (C(OH)–C–C–N with tert-alkyl or cyclic N) is 1. The number of aliphatic hydroxyl groups is 1. The molecule has 1 aliphatic heterocycles. The largest absolute Gasteiger partial charge is 0.392 e. The van der Waals surface area contributed by atoms with Crippen molar-refractivity contribution in [3.8, 4) is 0 Å². The van der Waals surface area contributed by atoms with Crippen LogP contribution in [0.1, 0.15) is 44.0 Å². The molecule has 5 heteroatoms. The molecule has 0 saturated carbocycles. The average molecular weight is 210 g/mol. The summed E-state index contributed by atoms with van der Waals surface area (Å²) in [6.07, 6.45) is 0.470. The number of nitrogens with one attached hydrogen (secondary N) is 1. The Morgan fingerprint density at radius 1 is 1.47 bits per heavy atom. The Labute approximate surface area is 89.5 Å². The van der Waals surface area contributed by atoms with Gasteiger partial charge in [-0.2, -0.15) is 0 Å². The standard InChI is InChI=1S/C10H18N4O/c1-6(2)14-7(3)12-13-10(14)9-4-8(15)5-11-9/h6,8-9,11,15H,4-5H2,1-3H3/t8-,9-/m1/s1. The van der Waals surface area contributed by atoms with Crippen LogP contribution in [0.5, 0.6) is 0 Å². The highest BCUT2D eigenvalue weighted by Crippen LogP contribution is 2.24. The van der Waals surface area contributed by atoms with Crippen LogP contribution in [0.25, 0.3) is 0 Å². The first kappa shape index (κ1) is 10.6. The van der Waals surface area contributed by atoms with Gasteiger partial charge in [-0.3, -0.25) is 0 Å². The Morgan fingerprint density at radius 2 is 2.20 bits per heavy atom. The smallest absolute Gasteiger partial charge is 0.150 e. The molecule has 84 valence electrons. The number of hydrogen-bond acceptors (Lipinski definition) is 4. The highest BCUT2D eigenvalue weighted by atomic mass is 16.3. The van der Waals surface area contributed by atoms with Crippen LogP contribution in [-0.2, 0) is 0 Å². The van der Waals surface area contributed by atoms with Gasteiger partial charge in [0, 0.05) is 12.6 Å². The summed E-state index contributed by atoms with van der Waals surface area (Å²) in [5.41, 5.74) is 0. The molecule has 2 rings (SSSR count). The van der Waals surface area contributed by atoms with Crippen LogP contribution in [0.2, 0.25) is 0 Å². The highest BCUT2D eigenvalue weighted by Gasteiger charge is 2.28. The van der Waals surface area contributed by atoms with E-state index in [2.05, 4.69) is 33.9 Å². The van der Waals surface area contributed by atoms with Crippen LogP contribution >= 0.6 is 0 Å². The Bertz CT molecular complexity index is 347. The van der Waals surface area contributed by atoms with Crippen LogP contribution in [0, 0.1) is 6.92 Å². The molecular weight excluding hydrogens is 192 g/mol. The third kappa shape index (κ3) is 1.89.